The molecule has 0 heterocycles. The molecule has 0 aromatic heterocycles. The molecule has 9 nitrogen and oxygen atoms in total. The number of halogens is 1. The Kier molecular flexibility index (Phi) is 8.57. The molecule has 0 spiro atoms. The third kappa shape index (κ3) is 5.71. The van der Waals surface area contributed by atoms with Gasteiger partial charge in [-0.05, 0) is 12.3 Å². The quantitative estimate of drug-likeness (QED) is 0.113. The minimum Gasteiger partial charge on any atom is -0.481 e. The number of nitrogens with two attached hydrogens (primary N) is 2. The molecule has 0 aromatic rings. The molecular weight excluding hydrogens is 453 g/mol. The van der Waals surface area contributed by atoms with Crippen LogP contribution in [0.25, 0.3) is 0 Å². The smallest absolute Gasteiger partial charge is 0.308 e. The van der Waals surface area contributed by atoms with E-state index in [2.05, 4.69) is 15.6 Å². The van der Waals surface area contributed by atoms with E-state index in [1.54, 1.807) is 22.6 Å². The number of aliphatic imine (C=N–C) groups is 1. The van der Waals surface area contributed by atoms with Crippen LogP contribution in [0.1, 0.15) is 40.0 Å². The highest BCUT2D eigenvalue weighted by molar-refractivity contribution is 14.1. The largest absolute Gasteiger partial charge is 0.481 e. The number of nitrogens with one attached hydrogen (secondary N) is 2. The number of nitrogens with zero attached hydrogens (tertiary/aromatic N) is 1. The molecule has 1 saturated carbocycles. The van der Waals surface area contributed by atoms with E-state index in [1.807, 2.05) is 13.8 Å². The van der Waals surface area contributed by atoms with Crippen molar-refractivity contribution in [1.82, 2.24) is 10.6 Å². The molecule has 1 aliphatic rings. The van der Waals surface area contributed by atoms with E-state index in [0.29, 0.717) is 0 Å². The predicted octanol–water partition coefficient (Wildman–Crippen LogP) is 0.803. The lowest BCUT2D eigenvalue weighted by Gasteiger charge is -2.37. The molecule has 0 unspecified atom stereocenters. The van der Waals surface area contributed by atoms with Crippen molar-refractivity contribution in [1.29, 1.82) is 0 Å². The van der Waals surface area contributed by atoms with Crippen molar-refractivity contribution in [2.24, 2.45) is 34.2 Å². The van der Waals surface area contributed by atoms with Gasteiger partial charge in [-0.15, -0.1) is 0 Å². The first kappa shape index (κ1) is 22.5. The van der Waals surface area contributed by atoms with Gasteiger partial charge >= 0.3 is 5.97 Å². The van der Waals surface area contributed by atoms with Crippen molar-refractivity contribution in [3.8, 4) is 0 Å². The van der Waals surface area contributed by atoms with Crippen LogP contribution in [0, 0.1) is 17.8 Å². The van der Waals surface area contributed by atoms with Crippen LogP contribution in [-0.4, -0.2) is 45.0 Å². The summed E-state index contributed by atoms with van der Waals surface area (Å²) in [6.07, 6.45) is 1.76. The molecular formula is C16H28IN5O4. The number of aliphatic carboxylic acids is 1. The Morgan fingerprint density at radius 2 is 1.85 bits per heavy atom. The number of carboxylic acids is 1. The van der Waals surface area contributed by atoms with Gasteiger partial charge in [0.05, 0.1) is 12.0 Å². The number of hydrogen-bond donors (Lipinski definition) is 5. The van der Waals surface area contributed by atoms with Gasteiger partial charge in [-0.25, -0.2) is 4.99 Å². The summed E-state index contributed by atoms with van der Waals surface area (Å²) < 4.78 is -0.361. The van der Waals surface area contributed by atoms with Crippen LogP contribution < -0.4 is 22.1 Å². The first-order valence-electron chi connectivity index (χ1n) is 8.66. The normalized spacial score (nSPS) is 26.2. The van der Waals surface area contributed by atoms with Gasteiger partial charge in [0.1, 0.15) is 0 Å². The van der Waals surface area contributed by atoms with Gasteiger partial charge < -0.3 is 27.2 Å². The summed E-state index contributed by atoms with van der Waals surface area (Å²) in [6.45, 7) is 5.43. The SMILES string of the molecule is CCC(CC)[C@@H](NC(C)=O)[C@@H]1[C@H](NC(=O)I)[C@@H](C(=O)O)C[C@H]1N=C(N)N. The summed E-state index contributed by atoms with van der Waals surface area (Å²) >= 11 is 1.58. The number of carbonyl (C=O) groups is 3. The third-order valence-electron chi connectivity index (χ3n) is 5.04. The highest BCUT2D eigenvalue weighted by Crippen LogP contribution is 2.39. The summed E-state index contributed by atoms with van der Waals surface area (Å²) in [5.74, 6) is -2.55. The van der Waals surface area contributed by atoms with Crippen molar-refractivity contribution in [2.75, 3.05) is 0 Å². The average Bonchev–Trinajstić information content (AvgIpc) is 2.83. The zero-order chi connectivity index (χ0) is 20.0. The van der Waals surface area contributed by atoms with Gasteiger partial charge in [-0.1, -0.05) is 26.7 Å². The Bertz CT molecular complexity index is 563. The lowest BCUT2D eigenvalue weighted by molar-refractivity contribution is -0.142. The second-order valence-electron chi connectivity index (χ2n) is 6.63. The molecule has 10 heteroatoms. The highest BCUT2D eigenvalue weighted by Gasteiger charge is 2.51. The fourth-order valence-electron chi connectivity index (χ4n) is 4.01. The van der Waals surface area contributed by atoms with Crippen LogP contribution in [0.5, 0.6) is 0 Å². The lowest BCUT2D eigenvalue weighted by atomic mass is 9.79. The number of carbonyl (C=O) groups excluding carboxylic acids is 2. The molecule has 0 saturated heterocycles. The molecule has 148 valence electrons. The Morgan fingerprint density at radius 1 is 1.27 bits per heavy atom. The van der Waals surface area contributed by atoms with Crippen LogP contribution >= 0.6 is 22.6 Å². The van der Waals surface area contributed by atoms with Crippen molar-refractivity contribution in [2.45, 2.75) is 58.2 Å². The highest BCUT2D eigenvalue weighted by atomic mass is 127. The number of rotatable bonds is 8. The summed E-state index contributed by atoms with van der Waals surface area (Å²) in [5, 5.41) is 15.3. The summed E-state index contributed by atoms with van der Waals surface area (Å²) in [5.41, 5.74) is 11.1. The molecule has 0 radical (unpaired) electrons. The number of carboxylic acid groups (broad SMARTS) is 1. The van der Waals surface area contributed by atoms with Gasteiger partial charge in [0.25, 0.3) is 3.91 Å². The van der Waals surface area contributed by atoms with E-state index in [0.717, 1.165) is 12.8 Å². The molecule has 26 heavy (non-hydrogen) atoms. The van der Waals surface area contributed by atoms with E-state index in [9.17, 15) is 19.5 Å². The second-order valence-corrected chi connectivity index (χ2v) is 7.61. The van der Waals surface area contributed by atoms with Crippen molar-refractivity contribution >= 4 is 44.3 Å². The molecule has 1 rings (SSSR count). The second kappa shape index (κ2) is 9.93. The van der Waals surface area contributed by atoms with Gasteiger partial charge in [-0.3, -0.25) is 14.4 Å². The van der Waals surface area contributed by atoms with E-state index in [4.69, 9.17) is 11.5 Å². The molecule has 2 amide bonds. The standard InChI is InChI=1S/C16H28IN5O4/c1-4-8(5-2)12(20-7(3)23)11-10(21-16(18)19)6-9(14(24)25)13(11)22-15(17)26/h8-13H,4-6H2,1-3H3,(H,20,23)(H,22,26)(H,24,25)(H4,18,19,21)/t9-,10+,11+,12+,13+/m0/s1. The molecule has 1 fully saturated rings. The van der Waals surface area contributed by atoms with Crippen molar-refractivity contribution < 1.29 is 19.5 Å². The van der Waals surface area contributed by atoms with Crippen LogP contribution in [-0.2, 0) is 9.59 Å². The van der Waals surface area contributed by atoms with Crippen LogP contribution in [0.15, 0.2) is 4.99 Å². The average molecular weight is 481 g/mol. The van der Waals surface area contributed by atoms with Crippen molar-refractivity contribution in [3.05, 3.63) is 0 Å². The lowest BCUT2D eigenvalue weighted by Crippen LogP contribution is -2.55. The van der Waals surface area contributed by atoms with Gasteiger partial charge in [0, 0.05) is 47.5 Å². The molecule has 5 atom stereocenters. The molecule has 0 bridgehead atoms. The van der Waals surface area contributed by atoms with E-state index >= 15 is 0 Å². The van der Waals surface area contributed by atoms with Crippen LogP contribution in [0.4, 0.5) is 4.79 Å². The Balaban J connectivity index is 3.43. The monoisotopic (exact) mass is 481 g/mol. The third-order valence-corrected chi connectivity index (χ3v) is 5.35. The van der Waals surface area contributed by atoms with Crippen LogP contribution in [0.3, 0.4) is 0 Å². The zero-order valence-electron chi connectivity index (χ0n) is 15.2. The number of guanidine groups is 1. The van der Waals surface area contributed by atoms with Gasteiger partial charge in [0.15, 0.2) is 5.96 Å². The van der Waals surface area contributed by atoms with Gasteiger partial charge in [-0.2, -0.15) is 0 Å². The maximum Gasteiger partial charge on any atom is 0.308 e. The topological polar surface area (TPSA) is 160 Å². The minimum absolute atomic E-state index is 0.0988. The first-order valence-corrected chi connectivity index (χ1v) is 9.74. The molecule has 0 aromatic carbocycles. The molecule has 7 N–H and O–H groups in total. The Labute approximate surface area is 166 Å². The Hall–Kier alpha value is -1.59. The minimum atomic E-state index is -1.02. The first-order chi connectivity index (χ1) is 12.1. The summed E-state index contributed by atoms with van der Waals surface area (Å²) in [4.78, 5) is 39.5. The number of hydrogen-bond acceptors (Lipinski definition) is 4. The Morgan fingerprint density at radius 3 is 2.23 bits per heavy atom. The van der Waals surface area contributed by atoms with E-state index in [-0.39, 0.29) is 34.2 Å². The molecule has 1 aliphatic carbocycles. The summed E-state index contributed by atoms with van der Waals surface area (Å²) in [7, 11) is 0. The molecule has 0 aliphatic heterocycles. The van der Waals surface area contributed by atoms with Crippen molar-refractivity contribution in [3.63, 3.8) is 0 Å². The summed E-state index contributed by atoms with van der Waals surface area (Å²) in [6, 6.07) is -1.54. The number of amides is 2. The van der Waals surface area contributed by atoms with E-state index < -0.39 is 29.9 Å². The fourth-order valence-corrected chi connectivity index (χ4v) is 4.37. The zero-order valence-corrected chi connectivity index (χ0v) is 17.4. The maximum absolute atomic E-state index is 11.8. The maximum atomic E-state index is 11.8. The predicted molar refractivity (Wildman–Crippen MR) is 107 cm³/mol. The fraction of sp³-hybridized carbons (Fsp3) is 0.750. The van der Waals surface area contributed by atoms with Gasteiger partial charge in [0.2, 0.25) is 5.91 Å². The van der Waals surface area contributed by atoms with Crippen LogP contribution in [0.2, 0.25) is 0 Å². The van der Waals surface area contributed by atoms with E-state index in [1.165, 1.54) is 6.92 Å².